The highest BCUT2D eigenvalue weighted by atomic mass is 32.2. The summed E-state index contributed by atoms with van der Waals surface area (Å²) in [7, 11) is -5.27. The Kier molecular flexibility index (Phi) is 3.71. The van der Waals surface area contributed by atoms with Crippen molar-refractivity contribution >= 4 is 10.0 Å². The zero-order valence-corrected chi connectivity index (χ0v) is 7.91. The van der Waals surface area contributed by atoms with Crippen LogP contribution in [0.1, 0.15) is 13.8 Å². The van der Waals surface area contributed by atoms with Gasteiger partial charge in [-0.05, 0) is 13.8 Å². The van der Waals surface area contributed by atoms with Crippen molar-refractivity contribution in [1.82, 2.24) is 4.72 Å². The van der Waals surface area contributed by atoms with Crippen LogP contribution in [-0.4, -0.2) is 26.0 Å². The first-order valence-corrected chi connectivity index (χ1v) is 4.90. The predicted octanol–water partition coefficient (Wildman–Crippen LogP) is 0.161. The maximum absolute atomic E-state index is 11.8. The molecule has 2 atom stereocenters. The van der Waals surface area contributed by atoms with Crippen LogP contribution in [0.2, 0.25) is 0 Å². The molecule has 0 aliphatic rings. The minimum atomic E-state index is -5.28. The molecule has 2 unspecified atom stereocenters. The number of rotatable bonds is 3. The molecule has 0 aromatic rings. The Morgan fingerprint density at radius 1 is 1.31 bits per heavy atom. The van der Waals surface area contributed by atoms with Crippen molar-refractivity contribution in [3.63, 3.8) is 0 Å². The summed E-state index contributed by atoms with van der Waals surface area (Å²) in [6.07, 6.45) is 0. The van der Waals surface area contributed by atoms with E-state index in [1.165, 1.54) is 18.6 Å². The lowest BCUT2D eigenvalue weighted by Gasteiger charge is -2.18. The summed E-state index contributed by atoms with van der Waals surface area (Å²) < 4.78 is 57.7. The Hall–Kier alpha value is -0.340. The van der Waals surface area contributed by atoms with Crippen LogP contribution in [0.15, 0.2) is 0 Å². The van der Waals surface area contributed by atoms with Crippen molar-refractivity contribution in [2.75, 3.05) is 0 Å². The van der Waals surface area contributed by atoms with Gasteiger partial charge in [-0.25, -0.2) is 13.1 Å². The van der Waals surface area contributed by atoms with Crippen LogP contribution in [0.5, 0.6) is 0 Å². The molecule has 0 aliphatic heterocycles. The number of nitrogens with one attached hydrogen (secondary N) is 1. The Morgan fingerprint density at radius 2 is 1.69 bits per heavy atom. The van der Waals surface area contributed by atoms with E-state index < -0.39 is 27.6 Å². The van der Waals surface area contributed by atoms with Crippen LogP contribution >= 0.6 is 0 Å². The first-order chi connectivity index (χ1) is 5.58. The molecule has 0 saturated heterocycles. The molecule has 0 bridgehead atoms. The molecule has 4 nitrogen and oxygen atoms in total. The third-order valence-corrected chi connectivity index (χ3v) is 2.73. The second-order valence-electron chi connectivity index (χ2n) is 2.71. The quantitative estimate of drug-likeness (QED) is 0.711. The summed E-state index contributed by atoms with van der Waals surface area (Å²) >= 11 is 0. The van der Waals surface area contributed by atoms with E-state index in [1.54, 1.807) is 0 Å². The maximum Gasteiger partial charge on any atom is 0.511 e. The molecule has 8 heteroatoms. The van der Waals surface area contributed by atoms with E-state index in [0.717, 1.165) is 0 Å². The van der Waals surface area contributed by atoms with Gasteiger partial charge >= 0.3 is 15.5 Å². The van der Waals surface area contributed by atoms with Gasteiger partial charge < -0.3 is 5.73 Å². The molecule has 0 aromatic heterocycles. The summed E-state index contributed by atoms with van der Waals surface area (Å²) in [6.45, 7) is 2.66. The number of hydrogen-bond acceptors (Lipinski definition) is 3. The zero-order valence-electron chi connectivity index (χ0n) is 7.09. The van der Waals surface area contributed by atoms with E-state index in [4.69, 9.17) is 5.73 Å². The van der Waals surface area contributed by atoms with Gasteiger partial charge in [0.2, 0.25) is 0 Å². The number of hydrogen-bond donors (Lipinski definition) is 2. The van der Waals surface area contributed by atoms with Crippen molar-refractivity contribution in [3.8, 4) is 0 Å². The Morgan fingerprint density at radius 3 is 1.92 bits per heavy atom. The van der Waals surface area contributed by atoms with Gasteiger partial charge in [0.25, 0.3) is 0 Å². The minimum absolute atomic E-state index is 0.683. The summed E-state index contributed by atoms with van der Waals surface area (Å²) in [5.74, 6) is 0. The summed E-state index contributed by atoms with van der Waals surface area (Å²) in [6, 6.07) is -1.64. The van der Waals surface area contributed by atoms with Crippen LogP contribution in [0.4, 0.5) is 13.2 Å². The van der Waals surface area contributed by atoms with Crippen molar-refractivity contribution in [2.45, 2.75) is 31.4 Å². The number of sulfonamides is 1. The van der Waals surface area contributed by atoms with E-state index in [1.807, 2.05) is 0 Å². The standard InChI is InChI=1S/C5H11F3N2O2S/c1-3(9)4(2)10-13(11,12)5(6,7)8/h3-4,10H,9H2,1-2H3. The smallest absolute Gasteiger partial charge is 0.327 e. The van der Waals surface area contributed by atoms with Gasteiger partial charge in [-0.15, -0.1) is 0 Å². The molecule has 80 valence electrons. The van der Waals surface area contributed by atoms with Crippen LogP contribution in [0.25, 0.3) is 0 Å². The van der Waals surface area contributed by atoms with Crippen LogP contribution in [0.3, 0.4) is 0 Å². The van der Waals surface area contributed by atoms with Gasteiger partial charge in [-0.3, -0.25) is 0 Å². The van der Waals surface area contributed by atoms with E-state index >= 15 is 0 Å². The van der Waals surface area contributed by atoms with Crippen molar-refractivity contribution < 1.29 is 21.6 Å². The molecular formula is C5H11F3N2O2S. The van der Waals surface area contributed by atoms with E-state index in [9.17, 15) is 21.6 Å². The second-order valence-corrected chi connectivity index (χ2v) is 4.42. The number of halogens is 3. The van der Waals surface area contributed by atoms with Crippen LogP contribution < -0.4 is 10.5 Å². The zero-order chi connectivity index (χ0) is 10.9. The number of alkyl halides is 3. The van der Waals surface area contributed by atoms with E-state index in [0.29, 0.717) is 0 Å². The molecule has 0 aliphatic carbocycles. The van der Waals surface area contributed by atoms with Gasteiger partial charge in [0.05, 0.1) is 0 Å². The lowest BCUT2D eigenvalue weighted by Crippen LogP contribution is -2.48. The lowest BCUT2D eigenvalue weighted by atomic mass is 10.2. The summed E-state index contributed by atoms with van der Waals surface area (Å²) in [5, 5.41) is 0. The minimum Gasteiger partial charge on any atom is -0.327 e. The molecule has 0 amide bonds. The van der Waals surface area contributed by atoms with Gasteiger partial charge in [-0.2, -0.15) is 13.2 Å². The Balaban J connectivity index is 4.55. The normalized spacial score (nSPS) is 18.3. The first-order valence-electron chi connectivity index (χ1n) is 3.42. The molecule has 3 N–H and O–H groups in total. The lowest BCUT2D eigenvalue weighted by molar-refractivity contribution is -0.0450. The van der Waals surface area contributed by atoms with Crippen molar-refractivity contribution in [3.05, 3.63) is 0 Å². The highest BCUT2D eigenvalue weighted by Gasteiger charge is 2.46. The predicted molar refractivity (Wildman–Crippen MR) is 41.2 cm³/mol. The van der Waals surface area contributed by atoms with Gasteiger partial charge in [0.15, 0.2) is 0 Å². The first kappa shape index (κ1) is 12.7. The fourth-order valence-electron chi connectivity index (χ4n) is 0.419. The maximum atomic E-state index is 11.8. The average molecular weight is 220 g/mol. The average Bonchev–Trinajstić information content (AvgIpc) is 1.83. The highest BCUT2D eigenvalue weighted by molar-refractivity contribution is 7.90. The van der Waals surface area contributed by atoms with E-state index in [-0.39, 0.29) is 0 Å². The summed E-state index contributed by atoms with van der Waals surface area (Å²) in [4.78, 5) is 0. The summed E-state index contributed by atoms with van der Waals surface area (Å²) in [5.41, 5.74) is -0.0895. The molecule has 0 heterocycles. The van der Waals surface area contributed by atoms with Gasteiger partial charge in [0, 0.05) is 12.1 Å². The SMILES string of the molecule is CC(N)C(C)NS(=O)(=O)C(F)(F)F. The fourth-order valence-corrected chi connectivity index (χ4v) is 1.26. The van der Waals surface area contributed by atoms with Crippen LogP contribution in [-0.2, 0) is 10.0 Å². The number of nitrogens with two attached hydrogens (primary N) is 1. The molecule has 0 aromatic carbocycles. The molecule has 0 fully saturated rings. The Bertz CT molecular complexity index is 259. The topological polar surface area (TPSA) is 72.2 Å². The Labute approximate surface area is 74.3 Å². The largest absolute Gasteiger partial charge is 0.511 e. The fraction of sp³-hybridized carbons (Fsp3) is 1.00. The third kappa shape index (κ3) is 3.49. The molecular weight excluding hydrogens is 209 g/mol. The monoisotopic (exact) mass is 220 g/mol. The van der Waals surface area contributed by atoms with Gasteiger partial charge in [-0.1, -0.05) is 0 Å². The van der Waals surface area contributed by atoms with Crippen LogP contribution in [0, 0.1) is 0 Å². The highest BCUT2D eigenvalue weighted by Crippen LogP contribution is 2.21. The van der Waals surface area contributed by atoms with Crippen molar-refractivity contribution in [2.24, 2.45) is 5.73 Å². The molecule has 0 saturated carbocycles. The van der Waals surface area contributed by atoms with Crippen molar-refractivity contribution in [1.29, 1.82) is 0 Å². The van der Waals surface area contributed by atoms with Gasteiger partial charge in [0.1, 0.15) is 0 Å². The second kappa shape index (κ2) is 3.81. The third-order valence-electron chi connectivity index (χ3n) is 1.43. The molecule has 0 rings (SSSR count). The van der Waals surface area contributed by atoms with E-state index in [2.05, 4.69) is 0 Å². The molecule has 0 spiro atoms. The molecule has 0 radical (unpaired) electrons. The molecule has 13 heavy (non-hydrogen) atoms.